The number of carbonyl (C=O) groups excluding carboxylic acids is 1. The molecule has 3 rings (SSSR count). The summed E-state index contributed by atoms with van der Waals surface area (Å²) in [5, 5.41) is 0. The van der Waals surface area contributed by atoms with E-state index in [2.05, 4.69) is 9.88 Å². The number of carbonyl (C=O) groups is 1. The average Bonchev–Trinajstić information content (AvgIpc) is 2.71. The second-order valence-corrected chi connectivity index (χ2v) is 5.65. The Hall–Kier alpha value is -1.33. The van der Waals surface area contributed by atoms with Crippen molar-refractivity contribution in [2.75, 3.05) is 11.5 Å². The third kappa shape index (κ3) is 3.14. The largest absolute Gasteiger partial charge is 0.462 e. The number of esters is 1. The molecule has 1 aromatic heterocycles. The number of anilines is 1. The van der Waals surface area contributed by atoms with Gasteiger partial charge in [0, 0.05) is 24.3 Å². The molecule has 0 aromatic carbocycles. The predicted molar refractivity (Wildman–Crippen MR) is 83.9 cm³/mol. The topological polar surface area (TPSA) is 68.5 Å². The molecule has 2 aliphatic rings. The maximum absolute atomic E-state index is 11.6. The molecule has 5 nitrogen and oxygen atoms in total. The lowest BCUT2D eigenvalue weighted by atomic mass is 9.98. The van der Waals surface area contributed by atoms with E-state index in [4.69, 9.17) is 10.5 Å². The van der Waals surface area contributed by atoms with Crippen molar-refractivity contribution in [3.8, 4) is 0 Å². The van der Waals surface area contributed by atoms with Crippen LogP contribution in [-0.2, 0) is 4.74 Å². The van der Waals surface area contributed by atoms with Crippen LogP contribution in [0.15, 0.2) is 18.3 Å². The molecule has 6 heteroatoms. The summed E-state index contributed by atoms with van der Waals surface area (Å²) in [5.41, 5.74) is 6.60. The van der Waals surface area contributed by atoms with E-state index in [-0.39, 0.29) is 18.4 Å². The highest BCUT2D eigenvalue weighted by Crippen LogP contribution is 2.37. The number of ether oxygens (including phenoxy) is 1. The van der Waals surface area contributed by atoms with Gasteiger partial charge in [0.15, 0.2) is 0 Å². The lowest BCUT2D eigenvalue weighted by Gasteiger charge is -2.38. The van der Waals surface area contributed by atoms with Gasteiger partial charge in [0.25, 0.3) is 0 Å². The normalized spacial score (nSPS) is 27.1. The van der Waals surface area contributed by atoms with E-state index in [9.17, 15) is 4.79 Å². The zero-order valence-electron chi connectivity index (χ0n) is 12.2. The van der Waals surface area contributed by atoms with Gasteiger partial charge < -0.3 is 15.4 Å². The van der Waals surface area contributed by atoms with E-state index < -0.39 is 0 Å². The van der Waals surface area contributed by atoms with Crippen LogP contribution in [0.5, 0.6) is 0 Å². The summed E-state index contributed by atoms with van der Waals surface area (Å²) in [7, 11) is 0. The Morgan fingerprint density at radius 1 is 1.38 bits per heavy atom. The predicted octanol–water partition coefficient (Wildman–Crippen LogP) is 2.14. The summed E-state index contributed by atoms with van der Waals surface area (Å²) in [6, 6.07) is 5.06. The van der Waals surface area contributed by atoms with Crippen LogP contribution in [0.1, 0.15) is 43.0 Å². The van der Waals surface area contributed by atoms with Crippen molar-refractivity contribution >= 4 is 24.2 Å². The van der Waals surface area contributed by atoms with Gasteiger partial charge in [-0.05, 0) is 44.7 Å². The summed E-state index contributed by atoms with van der Waals surface area (Å²) in [5.74, 6) is 0.646. The van der Waals surface area contributed by atoms with Crippen molar-refractivity contribution in [1.82, 2.24) is 4.98 Å². The van der Waals surface area contributed by atoms with Gasteiger partial charge >= 0.3 is 5.97 Å². The molecular formula is C15H22ClN3O2. The van der Waals surface area contributed by atoms with Crippen LogP contribution < -0.4 is 10.6 Å². The van der Waals surface area contributed by atoms with Crippen molar-refractivity contribution in [2.45, 2.75) is 50.7 Å². The molecule has 0 saturated carbocycles. The minimum atomic E-state index is -0.310. The second-order valence-electron chi connectivity index (χ2n) is 5.65. The fraction of sp³-hybridized carbons (Fsp3) is 0.600. The first-order valence-corrected chi connectivity index (χ1v) is 7.36. The number of piperidine rings is 1. The van der Waals surface area contributed by atoms with E-state index in [0.29, 0.717) is 30.3 Å². The van der Waals surface area contributed by atoms with Gasteiger partial charge in [-0.2, -0.15) is 0 Å². The summed E-state index contributed by atoms with van der Waals surface area (Å²) >= 11 is 0. The summed E-state index contributed by atoms with van der Waals surface area (Å²) in [6.07, 6.45) is 6.08. The third-order valence-electron chi connectivity index (χ3n) is 4.29. The highest BCUT2D eigenvalue weighted by atomic mass is 35.5. The van der Waals surface area contributed by atoms with Gasteiger partial charge in [-0.3, -0.25) is 0 Å². The Morgan fingerprint density at radius 2 is 2.05 bits per heavy atom. The van der Waals surface area contributed by atoms with Gasteiger partial charge in [0.1, 0.15) is 5.82 Å². The molecular weight excluding hydrogens is 290 g/mol. The number of hydrogen-bond donors (Lipinski definition) is 1. The fourth-order valence-electron chi connectivity index (χ4n) is 3.47. The zero-order chi connectivity index (χ0) is 14.1. The first kappa shape index (κ1) is 16.0. The van der Waals surface area contributed by atoms with Crippen LogP contribution in [0.4, 0.5) is 5.82 Å². The number of rotatable bonds is 3. The zero-order valence-corrected chi connectivity index (χ0v) is 13.0. The SMILES string of the molecule is CCOC(=O)c1ccc(N2[C@@H]3CC[C@H]2C[C@@H](N)C3)nc1.Cl. The monoisotopic (exact) mass is 311 g/mol. The van der Waals surface area contributed by atoms with Gasteiger partial charge in [-0.1, -0.05) is 0 Å². The molecule has 2 aliphatic heterocycles. The molecule has 0 aliphatic carbocycles. The van der Waals surface area contributed by atoms with Crippen LogP contribution in [-0.4, -0.2) is 35.7 Å². The first-order chi connectivity index (χ1) is 9.69. The Balaban J connectivity index is 0.00000161. The minimum Gasteiger partial charge on any atom is -0.462 e. The van der Waals surface area contributed by atoms with E-state index in [0.717, 1.165) is 18.7 Å². The van der Waals surface area contributed by atoms with E-state index in [1.165, 1.54) is 12.8 Å². The Bertz CT molecular complexity index is 480. The van der Waals surface area contributed by atoms with E-state index in [1.807, 2.05) is 6.07 Å². The molecule has 0 spiro atoms. The molecule has 0 unspecified atom stereocenters. The van der Waals surface area contributed by atoms with Crippen molar-refractivity contribution in [3.63, 3.8) is 0 Å². The van der Waals surface area contributed by atoms with Crippen LogP contribution in [0.25, 0.3) is 0 Å². The summed E-state index contributed by atoms with van der Waals surface area (Å²) in [4.78, 5) is 18.5. The maximum atomic E-state index is 11.6. The van der Waals surface area contributed by atoms with Crippen LogP contribution in [0.3, 0.4) is 0 Å². The smallest absolute Gasteiger partial charge is 0.339 e. The van der Waals surface area contributed by atoms with Gasteiger partial charge in [0.2, 0.25) is 0 Å². The Kier molecular flexibility index (Phi) is 5.06. The molecule has 116 valence electrons. The van der Waals surface area contributed by atoms with Crippen LogP contribution in [0.2, 0.25) is 0 Å². The van der Waals surface area contributed by atoms with Crippen LogP contribution in [0, 0.1) is 0 Å². The van der Waals surface area contributed by atoms with Gasteiger partial charge in [-0.25, -0.2) is 9.78 Å². The molecule has 2 saturated heterocycles. The third-order valence-corrected chi connectivity index (χ3v) is 4.29. The number of aromatic nitrogens is 1. The Labute approximate surface area is 131 Å². The number of nitrogens with two attached hydrogens (primary N) is 1. The number of halogens is 1. The van der Waals surface area contributed by atoms with E-state index >= 15 is 0 Å². The second kappa shape index (κ2) is 6.62. The van der Waals surface area contributed by atoms with Crippen molar-refractivity contribution < 1.29 is 9.53 Å². The molecule has 2 bridgehead atoms. The van der Waals surface area contributed by atoms with E-state index in [1.54, 1.807) is 19.2 Å². The molecule has 3 atom stereocenters. The molecule has 1 aromatic rings. The average molecular weight is 312 g/mol. The highest BCUT2D eigenvalue weighted by molar-refractivity contribution is 5.89. The summed E-state index contributed by atoms with van der Waals surface area (Å²) < 4.78 is 4.97. The lowest BCUT2D eigenvalue weighted by Crippen LogP contribution is -2.47. The molecule has 2 fully saturated rings. The van der Waals surface area contributed by atoms with Crippen molar-refractivity contribution in [2.24, 2.45) is 5.73 Å². The van der Waals surface area contributed by atoms with Crippen molar-refractivity contribution in [1.29, 1.82) is 0 Å². The number of fused-ring (bicyclic) bond motifs is 2. The van der Waals surface area contributed by atoms with Crippen molar-refractivity contribution in [3.05, 3.63) is 23.9 Å². The molecule has 21 heavy (non-hydrogen) atoms. The minimum absolute atomic E-state index is 0. The van der Waals surface area contributed by atoms with Gasteiger partial charge in [-0.15, -0.1) is 12.4 Å². The molecule has 3 heterocycles. The van der Waals surface area contributed by atoms with Gasteiger partial charge in [0.05, 0.1) is 12.2 Å². The highest BCUT2D eigenvalue weighted by Gasteiger charge is 2.40. The standard InChI is InChI=1S/C15H21N3O2.ClH/c1-2-20-15(19)10-3-6-14(17-9-10)18-12-4-5-13(18)8-11(16)7-12;/h3,6,9,11-13H,2,4-5,7-8,16H2,1H3;1H/t11-,12+,13-;. The summed E-state index contributed by atoms with van der Waals surface area (Å²) in [6.45, 7) is 2.18. The fourth-order valence-corrected chi connectivity index (χ4v) is 3.47. The van der Waals surface area contributed by atoms with Crippen LogP contribution >= 0.6 is 12.4 Å². The quantitative estimate of drug-likeness (QED) is 0.866. The molecule has 0 radical (unpaired) electrons. The lowest BCUT2D eigenvalue weighted by molar-refractivity contribution is 0.0526. The Morgan fingerprint density at radius 3 is 2.57 bits per heavy atom. The maximum Gasteiger partial charge on any atom is 0.339 e. The first-order valence-electron chi connectivity index (χ1n) is 7.36. The number of nitrogens with zero attached hydrogens (tertiary/aromatic N) is 2. The number of pyridine rings is 1. The molecule has 0 amide bonds. The molecule has 2 N–H and O–H groups in total. The number of hydrogen-bond acceptors (Lipinski definition) is 5.